The Hall–Kier alpha value is -2.62. The summed E-state index contributed by atoms with van der Waals surface area (Å²) in [6.07, 6.45) is 1.48. The molecule has 0 amide bonds. The standard InChI is InChI=1S/C19H20N2O2/c1-11-9-12(19(2,3)4)5-6-13(11)15-10-16(22)17-14(21-15)7-8-20-18(17)23/h5-10H,1-4H3,(H,20,23)(H,21,22). The summed E-state index contributed by atoms with van der Waals surface area (Å²) < 4.78 is 0. The number of pyridine rings is 2. The van der Waals surface area contributed by atoms with Gasteiger partial charge in [0, 0.05) is 17.8 Å². The summed E-state index contributed by atoms with van der Waals surface area (Å²) in [4.78, 5) is 8.34. The summed E-state index contributed by atoms with van der Waals surface area (Å²) in [5.41, 5.74) is 4.60. The first-order valence-corrected chi connectivity index (χ1v) is 7.56. The highest BCUT2D eigenvalue weighted by Gasteiger charge is 2.16. The van der Waals surface area contributed by atoms with Crippen LogP contribution in [0.1, 0.15) is 31.9 Å². The zero-order valence-corrected chi connectivity index (χ0v) is 13.8. The van der Waals surface area contributed by atoms with E-state index in [4.69, 9.17) is 0 Å². The van der Waals surface area contributed by atoms with Gasteiger partial charge in [0.25, 0.3) is 0 Å². The lowest BCUT2D eigenvalue weighted by molar-refractivity contribution is 0.449. The Kier molecular flexibility index (Phi) is 3.48. The van der Waals surface area contributed by atoms with E-state index < -0.39 is 0 Å². The summed E-state index contributed by atoms with van der Waals surface area (Å²) in [5.74, 6) is -0.228. The van der Waals surface area contributed by atoms with Crippen molar-refractivity contribution < 1.29 is 10.2 Å². The van der Waals surface area contributed by atoms with E-state index in [2.05, 4.69) is 42.9 Å². The Morgan fingerprint density at radius 1 is 1.00 bits per heavy atom. The molecule has 3 aromatic rings. The summed E-state index contributed by atoms with van der Waals surface area (Å²) >= 11 is 0. The van der Waals surface area contributed by atoms with Gasteiger partial charge in [0.1, 0.15) is 11.1 Å². The molecule has 0 aliphatic rings. The van der Waals surface area contributed by atoms with Crippen LogP contribution in [-0.2, 0) is 5.41 Å². The Morgan fingerprint density at radius 3 is 2.39 bits per heavy atom. The molecule has 0 fully saturated rings. The molecule has 0 aliphatic heterocycles. The second kappa shape index (κ2) is 5.23. The Labute approximate surface area is 135 Å². The number of aromatic nitrogens is 2. The average molecular weight is 308 g/mol. The van der Waals surface area contributed by atoms with Gasteiger partial charge in [-0.1, -0.05) is 39.0 Å². The second-order valence-corrected chi connectivity index (χ2v) is 6.84. The maximum absolute atomic E-state index is 10.2. The number of aromatic hydroxyl groups is 2. The third-order valence-corrected chi connectivity index (χ3v) is 4.05. The molecule has 2 heterocycles. The minimum absolute atomic E-state index is 0.0186. The van der Waals surface area contributed by atoms with E-state index in [-0.39, 0.29) is 22.4 Å². The van der Waals surface area contributed by atoms with E-state index in [0.29, 0.717) is 11.2 Å². The molecule has 1 aromatic carbocycles. The molecular formula is C19H20N2O2. The topological polar surface area (TPSA) is 66.2 Å². The van der Waals surface area contributed by atoms with Gasteiger partial charge >= 0.3 is 0 Å². The molecule has 0 unspecified atom stereocenters. The van der Waals surface area contributed by atoms with Crippen molar-refractivity contribution >= 4 is 10.9 Å². The van der Waals surface area contributed by atoms with E-state index >= 15 is 0 Å². The second-order valence-electron chi connectivity index (χ2n) is 6.84. The third-order valence-electron chi connectivity index (χ3n) is 4.05. The summed E-state index contributed by atoms with van der Waals surface area (Å²) in [7, 11) is 0. The van der Waals surface area contributed by atoms with Gasteiger partial charge in [-0.2, -0.15) is 0 Å². The maximum Gasteiger partial charge on any atom is 0.224 e. The van der Waals surface area contributed by atoms with Crippen LogP contribution in [0.15, 0.2) is 36.5 Å². The fourth-order valence-corrected chi connectivity index (χ4v) is 2.70. The molecule has 0 spiro atoms. The molecule has 0 radical (unpaired) electrons. The van der Waals surface area contributed by atoms with Crippen molar-refractivity contribution in [2.45, 2.75) is 33.1 Å². The van der Waals surface area contributed by atoms with E-state index in [0.717, 1.165) is 11.1 Å². The largest absolute Gasteiger partial charge is 0.507 e. The van der Waals surface area contributed by atoms with Gasteiger partial charge in [-0.15, -0.1) is 0 Å². The van der Waals surface area contributed by atoms with Crippen molar-refractivity contribution in [3.63, 3.8) is 0 Å². The van der Waals surface area contributed by atoms with Crippen molar-refractivity contribution in [2.24, 2.45) is 0 Å². The fraction of sp³-hybridized carbons (Fsp3) is 0.263. The maximum atomic E-state index is 10.2. The van der Waals surface area contributed by atoms with Crippen LogP contribution in [0.25, 0.3) is 22.2 Å². The van der Waals surface area contributed by atoms with Crippen LogP contribution >= 0.6 is 0 Å². The molecule has 2 N–H and O–H groups in total. The lowest BCUT2D eigenvalue weighted by Crippen LogP contribution is -2.11. The smallest absolute Gasteiger partial charge is 0.224 e. The predicted octanol–water partition coefficient (Wildman–Crippen LogP) is 4.31. The van der Waals surface area contributed by atoms with Crippen molar-refractivity contribution in [3.8, 4) is 22.9 Å². The first-order valence-electron chi connectivity index (χ1n) is 7.56. The van der Waals surface area contributed by atoms with E-state index in [9.17, 15) is 10.2 Å². The minimum atomic E-state index is -0.209. The highest BCUT2D eigenvalue weighted by atomic mass is 16.3. The lowest BCUT2D eigenvalue weighted by atomic mass is 9.85. The zero-order chi connectivity index (χ0) is 16.8. The molecule has 4 nitrogen and oxygen atoms in total. The fourth-order valence-electron chi connectivity index (χ4n) is 2.70. The molecular weight excluding hydrogens is 288 g/mol. The van der Waals surface area contributed by atoms with Gasteiger partial charge < -0.3 is 10.2 Å². The highest BCUT2D eigenvalue weighted by molar-refractivity contribution is 5.91. The van der Waals surface area contributed by atoms with Crippen LogP contribution in [0.2, 0.25) is 0 Å². The summed E-state index contributed by atoms with van der Waals surface area (Å²) in [5, 5.41) is 20.3. The predicted molar refractivity (Wildman–Crippen MR) is 91.7 cm³/mol. The van der Waals surface area contributed by atoms with Crippen molar-refractivity contribution in [1.29, 1.82) is 0 Å². The van der Waals surface area contributed by atoms with E-state index in [1.165, 1.54) is 11.8 Å². The summed E-state index contributed by atoms with van der Waals surface area (Å²) in [6.45, 7) is 8.57. The molecule has 0 bridgehead atoms. The van der Waals surface area contributed by atoms with Gasteiger partial charge in [-0.05, 0) is 29.5 Å². The first-order chi connectivity index (χ1) is 10.8. The Morgan fingerprint density at radius 2 is 1.74 bits per heavy atom. The molecule has 3 rings (SSSR count). The van der Waals surface area contributed by atoms with Crippen LogP contribution in [0, 0.1) is 6.92 Å². The number of aryl methyl sites for hydroxylation is 1. The van der Waals surface area contributed by atoms with Gasteiger partial charge in [0.2, 0.25) is 5.88 Å². The van der Waals surface area contributed by atoms with Crippen LogP contribution in [0.3, 0.4) is 0 Å². The molecule has 23 heavy (non-hydrogen) atoms. The van der Waals surface area contributed by atoms with Crippen LogP contribution in [0.4, 0.5) is 0 Å². The molecule has 0 atom stereocenters. The van der Waals surface area contributed by atoms with Crippen LogP contribution < -0.4 is 0 Å². The molecule has 4 heteroatoms. The number of fused-ring (bicyclic) bond motifs is 1. The molecule has 0 aliphatic carbocycles. The van der Waals surface area contributed by atoms with Gasteiger partial charge in [0.05, 0.1) is 11.2 Å². The normalized spacial score (nSPS) is 11.8. The lowest BCUT2D eigenvalue weighted by Gasteiger charge is -2.20. The summed E-state index contributed by atoms with van der Waals surface area (Å²) in [6, 6.07) is 9.53. The van der Waals surface area contributed by atoms with Gasteiger partial charge in [-0.3, -0.25) is 0 Å². The van der Waals surface area contributed by atoms with Crippen molar-refractivity contribution in [1.82, 2.24) is 9.97 Å². The zero-order valence-electron chi connectivity index (χ0n) is 13.8. The van der Waals surface area contributed by atoms with Crippen molar-refractivity contribution in [3.05, 3.63) is 47.7 Å². The Bertz CT molecular complexity index is 896. The minimum Gasteiger partial charge on any atom is -0.507 e. The molecule has 0 saturated heterocycles. The quantitative estimate of drug-likeness (QED) is 0.703. The SMILES string of the molecule is Cc1cc(C(C)(C)C)ccc1-c1cc(O)c2c(O)nccc2n1. The molecule has 0 saturated carbocycles. The van der Waals surface area contributed by atoms with Crippen molar-refractivity contribution in [2.75, 3.05) is 0 Å². The first kappa shape index (κ1) is 15.3. The highest BCUT2D eigenvalue weighted by Crippen LogP contribution is 2.35. The number of hydrogen-bond donors (Lipinski definition) is 2. The number of hydrogen-bond acceptors (Lipinski definition) is 4. The number of nitrogens with zero attached hydrogens (tertiary/aromatic N) is 2. The monoisotopic (exact) mass is 308 g/mol. The van der Waals surface area contributed by atoms with Gasteiger partial charge in [-0.25, -0.2) is 9.97 Å². The number of benzene rings is 1. The molecule has 2 aromatic heterocycles. The van der Waals surface area contributed by atoms with Crippen LogP contribution in [0.5, 0.6) is 11.6 Å². The third kappa shape index (κ3) is 2.72. The van der Waals surface area contributed by atoms with E-state index in [1.54, 1.807) is 12.1 Å². The van der Waals surface area contributed by atoms with Crippen LogP contribution in [-0.4, -0.2) is 20.2 Å². The Balaban J connectivity index is 2.18. The van der Waals surface area contributed by atoms with E-state index in [1.807, 2.05) is 13.0 Å². The van der Waals surface area contributed by atoms with Gasteiger partial charge in [0.15, 0.2) is 0 Å². The number of rotatable bonds is 1. The average Bonchev–Trinajstić information content (AvgIpc) is 2.45. The molecule has 118 valence electrons.